The highest BCUT2D eigenvalue weighted by Crippen LogP contribution is 2.23. The van der Waals surface area contributed by atoms with Crippen molar-refractivity contribution in [1.82, 2.24) is 10.2 Å². The minimum Gasteiger partial charge on any atom is -0.382 e. The summed E-state index contributed by atoms with van der Waals surface area (Å²) in [6.45, 7) is -0.178. The Morgan fingerprint density at radius 2 is 1.89 bits per heavy atom. The molecule has 1 aromatic carbocycles. The first kappa shape index (κ1) is 12.6. The highest BCUT2D eigenvalue weighted by atomic mass is 16.1. The van der Waals surface area contributed by atoms with Crippen LogP contribution in [0.4, 0.5) is 11.6 Å². The maximum absolute atomic E-state index is 11.6. The zero-order chi connectivity index (χ0) is 13.8. The summed E-state index contributed by atoms with van der Waals surface area (Å²) in [5.74, 6) is 0.0828. The Bertz CT molecular complexity index is 649. The Morgan fingerprint density at radius 1 is 1.21 bits per heavy atom. The van der Waals surface area contributed by atoms with Gasteiger partial charge in [0.1, 0.15) is 6.54 Å². The molecule has 8 heteroatoms. The van der Waals surface area contributed by atoms with Crippen molar-refractivity contribution in [2.24, 2.45) is 16.5 Å². The van der Waals surface area contributed by atoms with E-state index in [0.29, 0.717) is 17.0 Å². The summed E-state index contributed by atoms with van der Waals surface area (Å²) >= 11 is 0. The fourth-order valence-electron chi connectivity index (χ4n) is 1.55. The number of amides is 1. The van der Waals surface area contributed by atoms with E-state index >= 15 is 0 Å². The van der Waals surface area contributed by atoms with Gasteiger partial charge in [0.15, 0.2) is 17.6 Å². The van der Waals surface area contributed by atoms with Gasteiger partial charge in [0, 0.05) is 10.8 Å². The monoisotopic (exact) mass is 259 g/mol. The smallest absolute Gasteiger partial charge is 0.247 e. The first-order chi connectivity index (χ1) is 9.08. The number of aliphatic imine (C=N–C) groups is 1. The van der Waals surface area contributed by atoms with E-state index in [1.807, 2.05) is 12.1 Å². The van der Waals surface area contributed by atoms with Crippen molar-refractivity contribution in [3.8, 4) is 0 Å². The van der Waals surface area contributed by atoms with E-state index in [1.165, 1.54) is 0 Å². The van der Waals surface area contributed by atoms with Gasteiger partial charge in [-0.15, -0.1) is 10.2 Å². The zero-order valence-corrected chi connectivity index (χ0v) is 10.00. The highest BCUT2D eigenvalue weighted by molar-refractivity contribution is 6.03. The average molecular weight is 259 g/mol. The molecule has 0 aliphatic rings. The average Bonchev–Trinajstić information content (AvgIpc) is 2.40. The standard InChI is InChI=1S/C11H13N7O/c12-9-6-3-1-2-4-7(6)10(18-17-9)16-8(19)5-15-11(13)14/h1-4H,5H2,(H2,12,17)(H4,13,14,15)(H,16,18,19). The van der Waals surface area contributed by atoms with E-state index in [-0.39, 0.29) is 12.5 Å². The predicted octanol–water partition coefficient (Wildman–Crippen LogP) is -0.576. The Labute approximate surface area is 108 Å². The number of guanidine groups is 1. The van der Waals surface area contributed by atoms with Gasteiger partial charge in [-0.3, -0.25) is 4.79 Å². The number of aromatic nitrogens is 2. The molecule has 0 atom stereocenters. The van der Waals surface area contributed by atoms with Gasteiger partial charge in [0.2, 0.25) is 5.91 Å². The maximum Gasteiger partial charge on any atom is 0.247 e. The van der Waals surface area contributed by atoms with Crippen LogP contribution in [0.3, 0.4) is 0 Å². The van der Waals surface area contributed by atoms with Crippen molar-refractivity contribution in [3.63, 3.8) is 0 Å². The van der Waals surface area contributed by atoms with Crippen LogP contribution in [0, 0.1) is 0 Å². The molecule has 1 heterocycles. The lowest BCUT2D eigenvalue weighted by Crippen LogP contribution is -2.25. The van der Waals surface area contributed by atoms with Crippen LogP contribution in [0.2, 0.25) is 0 Å². The van der Waals surface area contributed by atoms with Crippen molar-refractivity contribution in [1.29, 1.82) is 0 Å². The Balaban J connectivity index is 2.29. The van der Waals surface area contributed by atoms with Gasteiger partial charge in [0.05, 0.1) is 0 Å². The molecule has 2 rings (SSSR count). The SMILES string of the molecule is NC(N)=NCC(=O)Nc1nnc(N)c2ccccc12. The molecule has 1 amide bonds. The van der Waals surface area contributed by atoms with E-state index in [2.05, 4.69) is 20.5 Å². The van der Waals surface area contributed by atoms with Gasteiger partial charge in [-0.1, -0.05) is 24.3 Å². The lowest BCUT2D eigenvalue weighted by molar-refractivity contribution is -0.114. The minimum absolute atomic E-state index is 0.150. The van der Waals surface area contributed by atoms with E-state index in [0.717, 1.165) is 5.39 Å². The molecule has 0 bridgehead atoms. The number of nitrogens with two attached hydrogens (primary N) is 3. The number of hydrogen-bond donors (Lipinski definition) is 4. The van der Waals surface area contributed by atoms with Gasteiger partial charge in [0.25, 0.3) is 0 Å². The second kappa shape index (κ2) is 5.17. The molecule has 8 nitrogen and oxygen atoms in total. The third-order valence-electron chi connectivity index (χ3n) is 2.38. The van der Waals surface area contributed by atoms with Crippen LogP contribution in [0.1, 0.15) is 0 Å². The van der Waals surface area contributed by atoms with Crippen molar-refractivity contribution in [3.05, 3.63) is 24.3 Å². The predicted molar refractivity (Wildman–Crippen MR) is 73.3 cm³/mol. The molecule has 1 aromatic heterocycles. The van der Waals surface area contributed by atoms with Gasteiger partial charge in [-0.05, 0) is 0 Å². The van der Waals surface area contributed by atoms with Gasteiger partial charge in [-0.2, -0.15) is 0 Å². The second-order valence-electron chi connectivity index (χ2n) is 3.77. The molecule has 7 N–H and O–H groups in total. The van der Waals surface area contributed by atoms with Crippen molar-refractivity contribution in [2.45, 2.75) is 0 Å². The van der Waals surface area contributed by atoms with Crippen molar-refractivity contribution in [2.75, 3.05) is 17.6 Å². The summed E-state index contributed by atoms with van der Waals surface area (Å²) in [7, 11) is 0. The third-order valence-corrected chi connectivity index (χ3v) is 2.38. The molecule has 0 saturated carbocycles. The summed E-state index contributed by atoms with van der Waals surface area (Å²) in [5, 5.41) is 11.6. The maximum atomic E-state index is 11.6. The summed E-state index contributed by atoms with van der Waals surface area (Å²) in [5.41, 5.74) is 16.0. The minimum atomic E-state index is -0.391. The first-order valence-corrected chi connectivity index (χ1v) is 5.44. The molecule has 0 saturated heterocycles. The number of nitrogen functional groups attached to an aromatic ring is 1. The number of fused-ring (bicyclic) bond motifs is 1. The molecule has 98 valence electrons. The topological polar surface area (TPSA) is 145 Å². The quantitative estimate of drug-likeness (QED) is 0.428. The molecule has 0 radical (unpaired) electrons. The Morgan fingerprint density at radius 3 is 2.58 bits per heavy atom. The van der Waals surface area contributed by atoms with Crippen LogP contribution in [0.5, 0.6) is 0 Å². The first-order valence-electron chi connectivity index (χ1n) is 5.44. The van der Waals surface area contributed by atoms with Gasteiger partial charge < -0.3 is 22.5 Å². The van der Waals surface area contributed by atoms with Crippen LogP contribution < -0.4 is 22.5 Å². The molecule has 0 aliphatic heterocycles. The number of nitrogens with one attached hydrogen (secondary N) is 1. The second-order valence-corrected chi connectivity index (χ2v) is 3.77. The number of hydrogen-bond acceptors (Lipinski definition) is 5. The fourth-order valence-corrected chi connectivity index (χ4v) is 1.55. The number of carbonyl (C=O) groups excluding carboxylic acids is 1. The van der Waals surface area contributed by atoms with Crippen LogP contribution in [-0.4, -0.2) is 28.6 Å². The normalized spacial score (nSPS) is 10.1. The number of rotatable bonds is 3. The van der Waals surface area contributed by atoms with Gasteiger partial charge >= 0.3 is 0 Å². The molecule has 2 aromatic rings. The molecule has 0 unspecified atom stereocenters. The van der Waals surface area contributed by atoms with Crippen LogP contribution in [-0.2, 0) is 4.79 Å². The molecule has 0 aliphatic carbocycles. The molecule has 0 spiro atoms. The Kier molecular flexibility index (Phi) is 3.42. The molecule has 19 heavy (non-hydrogen) atoms. The van der Waals surface area contributed by atoms with E-state index in [1.54, 1.807) is 12.1 Å². The van der Waals surface area contributed by atoms with Crippen LogP contribution in [0.15, 0.2) is 29.3 Å². The lowest BCUT2D eigenvalue weighted by Gasteiger charge is -2.07. The molecular weight excluding hydrogens is 246 g/mol. The number of benzene rings is 1. The van der Waals surface area contributed by atoms with Crippen molar-refractivity contribution >= 4 is 34.3 Å². The van der Waals surface area contributed by atoms with Crippen molar-refractivity contribution < 1.29 is 4.79 Å². The summed E-state index contributed by atoms with van der Waals surface area (Å²) < 4.78 is 0. The molecular formula is C11H13N7O. The third kappa shape index (κ3) is 2.86. The van der Waals surface area contributed by atoms with E-state index in [4.69, 9.17) is 17.2 Å². The largest absolute Gasteiger partial charge is 0.382 e. The fraction of sp³-hybridized carbons (Fsp3) is 0.0909. The van der Waals surface area contributed by atoms with E-state index < -0.39 is 5.91 Å². The van der Waals surface area contributed by atoms with Crippen LogP contribution in [0.25, 0.3) is 10.8 Å². The Hall–Kier alpha value is -2.90. The highest BCUT2D eigenvalue weighted by Gasteiger charge is 2.09. The molecule has 0 fully saturated rings. The summed E-state index contributed by atoms with van der Waals surface area (Å²) in [6.07, 6.45) is 0. The zero-order valence-electron chi connectivity index (χ0n) is 10.00. The number of nitrogens with zero attached hydrogens (tertiary/aromatic N) is 3. The summed E-state index contributed by atoms with van der Waals surface area (Å²) in [4.78, 5) is 15.2. The number of carbonyl (C=O) groups is 1. The van der Waals surface area contributed by atoms with E-state index in [9.17, 15) is 4.79 Å². The number of anilines is 2. The van der Waals surface area contributed by atoms with Crippen LogP contribution >= 0.6 is 0 Å². The summed E-state index contributed by atoms with van der Waals surface area (Å²) in [6, 6.07) is 7.22. The lowest BCUT2D eigenvalue weighted by atomic mass is 10.2. The van der Waals surface area contributed by atoms with Gasteiger partial charge in [-0.25, -0.2) is 4.99 Å².